The molecule has 2 unspecified atom stereocenters. The third kappa shape index (κ3) is 19.2. The molecule has 2 aromatic rings. The molecule has 268 valence electrons. The lowest BCUT2D eigenvalue weighted by Gasteiger charge is -2.46. The zero-order valence-corrected chi connectivity index (χ0v) is 32.0. The highest BCUT2D eigenvalue weighted by Crippen LogP contribution is 2.41. The topological polar surface area (TPSA) is 9.23 Å². The van der Waals surface area contributed by atoms with Crippen LogP contribution in [0.2, 0.25) is 0 Å². The van der Waals surface area contributed by atoms with Crippen LogP contribution in [-0.4, -0.2) is 11.2 Å². The van der Waals surface area contributed by atoms with Crippen LogP contribution in [0, 0.1) is 0 Å². The van der Waals surface area contributed by atoms with Crippen LogP contribution in [0.5, 0.6) is 0 Å². The van der Waals surface area contributed by atoms with Crippen molar-refractivity contribution < 1.29 is 4.74 Å². The first-order valence-corrected chi connectivity index (χ1v) is 20.9. The molecule has 0 spiro atoms. The van der Waals surface area contributed by atoms with Gasteiger partial charge in [0, 0.05) is 12.8 Å². The highest BCUT2D eigenvalue weighted by Gasteiger charge is 2.41. The van der Waals surface area contributed by atoms with Gasteiger partial charge in [0.15, 0.2) is 0 Å². The summed E-state index contributed by atoms with van der Waals surface area (Å²) in [7, 11) is 0. The second kappa shape index (κ2) is 27.2. The molecule has 47 heavy (non-hydrogen) atoms. The van der Waals surface area contributed by atoms with Gasteiger partial charge in [-0.15, -0.1) is 0 Å². The first-order valence-electron chi connectivity index (χ1n) is 20.9. The van der Waals surface area contributed by atoms with Gasteiger partial charge in [0.05, 0.1) is 11.2 Å². The van der Waals surface area contributed by atoms with E-state index in [2.05, 4.69) is 88.4 Å². The molecule has 0 aliphatic rings. The van der Waals surface area contributed by atoms with Crippen molar-refractivity contribution in [1.29, 1.82) is 0 Å². The molecule has 0 saturated heterocycles. The van der Waals surface area contributed by atoms with Gasteiger partial charge in [-0.1, -0.05) is 230 Å². The second-order valence-corrected chi connectivity index (χ2v) is 15.2. The Bertz CT molecular complexity index is 861. The standard InChI is InChI=1S/C46H78O/c1-5-9-13-15-17-19-21-31-39-45(37-29-11-7-3,41-43-33-25-23-26-34-43)47-46(38-30-12-8-4,42-44-35-27-24-28-36-44)40-32-22-20-18-16-14-10-6-2/h23-28,33-36H,5-22,29-32,37-42H2,1-4H3. The minimum Gasteiger partial charge on any atom is -0.368 e. The molecular formula is C46H78O. The Morgan fingerprint density at radius 2 is 0.596 bits per heavy atom. The zero-order chi connectivity index (χ0) is 33.7. The molecule has 0 aromatic heterocycles. The summed E-state index contributed by atoms with van der Waals surface area (Å²) >= 11 is 0. The van der Waals surface area contributed by atoms with Crippen molar-refractivity contribution in [2.45, 2.75) is 219 Å². The van der Waals surface area contributed by atoms with E-state index < -0.39 is 0 Å². The van der Waals surface area contributed by atoms with E-state index >= 15 is 0 Å². The van der Waals surface area contributed by atoms with E-state index in [9.17, 15) is 0 Å². The van der Waals surface area contributed by atoms with E-state index in [1.54, 1.807) is 0 Å². The monoisotopic (exact) mass is 647 g/mol. The molecule has 1 heteroatoms. The molecule has 0 aliphatic carbocycles. The molecule has 2 rings (SSSR count). The lowest BCUT2D eigenvalue weighted by molar-refractivity contribution is -0.174. The van der Waals surface area contributed by atoms with E-state index in [1.807, 2.05) is 0 Å². The minimum absolute atomic E-state index is 0.0973. The van der Waals surface area contributed by atoms with Crippen molar-refractivity contribution in [1.82, 2.24) is 0 Å². The molecule has 1 nitrogen and oxygen atoms in total. The molecule has 0 fully saturated rings. The summed E-state index contributed by atoms with van der Waals surface area (Å²) in [6.07, 6.45) is 36.5. The predicted molar refractivity (Wildman–Crippen MR) is 210 cm³/mol. The highest BCUT2D eigenvalue weighted by molar-refractivity contribution is 5.19. The molecule has 0 bridgehead atoms. The van der Waals surface area contributed by atoms with Crippen molar-refractivity contribution in [3.05, 3.63) is 71.8 Å². The van der Waals surface area contributed by atoms with E-state index in [0.717, 1.165) is 12.8 Å². The summed E-state index contributed by atoms with van der Waals surface area (Å²) in [5, 5.41) is 0. The number of hydrogen-bond acceptors (Lipinski definition) is 1. The lowest BCUT2D eigenvalue weighted by Crippen LogP contribution is -2.48. The van der Waals surface area contributed by atoms with Gasteiger partial charge in [-0.25, -0.2) is 0 Å². The number of ether oxygens (including phenoxy) is 1. The predicted octanol–water partition coefficient (Wildman–Crippen LogP) is 15.2. The van der Waals surface area contributed by atoms with Crippen LogP contribution >= 0.6 is 0 Å². The van der Waals surface area contributed by atoms with Crippen LogP contribution in [0.25, 0.3) is 0 Å². The van der Waals surface area contributed by atoms with Crippen molar-refractivity contribution in [3.63, 3.8) is 0 Å². The largest absolute Gasteiger partial charge is 0.368 e. The van der Waals surface area contributed by atoms with Crippen LogP contribution in [0.1, 0.15) is 206 Å². The Balaban J connectivity index is 2.37. The molecular weight excluding hydrogens is 569 g/mol. The van der Waals surface area contributed by atoms with Gasteiger partial charge >= 0.3 is 0 Å². The van der Waals surface area contributed by atoms with Gasteiger partial charge in [0.1, 0.15) is 0 Å². The minimum atomic E-state index is -0.0973. The summed E-state index contributed by atoms with van der Waals surface area (Å²) in [5.74, 6) is 0. The fourth-order valence-electron chi connectivity index (χ4n) is 7.83. The van der Waals surface area contributed by atoms with E-state index in [0.29, 0.717) is 0 Å². The van der Waals surface area contributed by atoms with Crippen molar-refractivity contribution >= 4 is 0 Å². The molecule has 0 radical (unpaired) electrons. The van der Waals surface area contributed by atoms with Gasteiger partial charge in [0.25, 0.3) is 0 Å². The fourth-order valence-corrected chi connectivity index (χ4v) is 7.83. The van der Waals surface area contributed by atoms with Gasteiger partial charge in [0.2, 0.25) is 0 Å². The van der Waals surface area contributed by atoms with E-state index in [-0.39, 0.29) is 11.2 Å². The third-order valence-corrected chi connectivity index (χ3v) is 10.6. The summed E-state index contributed by atoms with van der Waals surface area (Å²) in [6.45, 7) is 9.34. The van der Waals surface area contributed by atoms with Gasteiger partial charge in [-0.05, 0) is 36.8 Å². The van der Waals surface area contributed by atoms with Crippen LogP contribution in [0.4, 0.5) is 0 Å². The Hall–Kier alpha value is -1.60. The summed E-state index contributed by atoms with van der Waals surface area (Å²) in [5.41, 5.74) is 2.72. The second-order valence-electron chi connectivity index (χ2n) is 15.2. The van der Waals surface area contributed by atoms with Crippen LogP contribution in [0.3, 0.4) is 0 Å². The van der Waals surface area contributed by atoms with Crippen LogP contribution < -0.4 is 0 Å². The Kier molecular flexibility index (Phi) is 24.1. The summed E-state index contributed by atoms with van der Waals surface area (Å²) in [4.78, 5) is 0. The maximum atomic E-state index is 8.05. The maximum Gasteiger partial charge on any atom is 0.0730 e. The molecule has 0 amide bonds. The Morgan fingerprint density at radius 3 is 0.915 bits per heavy atom. The summed E-state index contributed by atoms with van der Waals surface area (Å²) < 4.78 is 8.05. The number of unbranched alkanes of at least 4 members (excludes halogenated alkanes) is 18. The van der Waals surface area contributed by atoms with Crippen LogP contribution in [0.15, 0.2) is 60.7 Å². The van der Waals surface area contributed by atoms with E-state index in [1.165, 1.54) is 178 Å². The molecule has 2 atom stereocenters. The molecule has 0 heterocycles. The van der Waals surface area contributed by atoms with Crippen LogP contribution in [-0.2, 0) is 17.6 Å². The fraction of sp³-hybridized carbons (Fsp3) is 0.739. The first kappa shape index (κ1) is 41.6. The lowest BCUT2D eigenvalue weighted by atomic mass is 9.79. The molecule has 0 aliphatic heterocycles. The molecule has 0 N–H and O–H groups in total. The highest BCUT2D eigenvalue weighted by atomic mass is 16.5. The normalized spacial score (nSPS) is 14.2. The average Bonchev–Trinajstić information content (AvgIpc) is 3.08. The SMILES string of the molecule is CCCCCCCCCCC(CCCCC)(Cc1ccccc1)OC(CCCCC)(CCCCCCCCCC)Cc1ccccc1. The van der Waals surface area contributed by atoms with Crippen molar-refractivity contribution in [2.24, 2.45) is 0 Å². The Labute approximate surface area is 294 Å². The van der Waals surface area contributed by atoms with Gasteiger partial charge in [-0.2, -0.15) is 0 Å². The first-order chi connectivity index (χ1) is 23.1. The molecule has 2 aromatic carbocycles. The zero-order valence-electron chi connectivity index (χ0n) is 32.0. The van der Waals surface area contributed by atoms with E-state index in [4.69, 9.17) is 4.74 Å². The van der Waals surface area contributed by atoms with Crippen molar-refractivity contribution in [2.75, 3.05) is 0 Å². The number of hydrogen-bond donors (Lipinski definition) is 0. The third-order valence-electron chi connectivity index (χ3n) is 10.6. The quantitative estimate of drug-likeness (QED) is 0.0719. The van der Waals surface area contributed by atoms with Gasteiger partial charge in [-0.3, -0.25) is 0 Å². The summed E-state index contributed by atoms with van der Waals surface area (Å²) in [6, 6.07) is 22.7. The average molecular weight is 647 g/mol. The molecule has 0 saturated carbocycles. The maximum absolute atomic E-state index is 8.05. The number of rotatable bonds is 32. The van der Waals surface area contributed by atoms with Gasteiger partial charge < -0.3 is 4.74 Å². The Morgan fingerprint density at radius 1 is 0.340 bits per heavy atom. The number of benzene rings is 2. The smallest absolute Gasteiger partial charge is 0.0730 e. The van der Waals surface area contributed by atoms with Crippen molar-refractivity contribution in [3.8, 4) is 0 Å².